The van der Waals surface area contributed by atoms with Gasteiger partial charge in [-0.1, -0.05) is 12.1 Å². The number of amides is 2. The predicted octanol–water partition coefficient (Wildman–Crippen LogP) is 3.17. The zero-order valence-corrected chi connectivity index (χ0v) is 14.2. The second kappa shape index (κ2) is 9.05. The molecule has 2 amide bonds. The molecule has 2 aromatic rings. The lowest BCUT2D eigenvalue weighted by Gasteiger charge is -2.17. The molecule has 130 valence electrons. The van der Waals surface area contributed by atoms with Crippen LogP contribution in [-0.2, 0) is 9.47 Å². The number of oxazole rings is 1. The van der Waals surface area contributed by atoms with Crippen LogP contribution in [0.15, 0.2) is 34.9 Å². The first kappa shape index (κ1) is 18.0. The summed E-state index contributed by atoms with van der Waals surface area (Å²) in [5.41, 5.74) is 2.37. The van der Waals surface area contributed by atoms with Crippen molar-refractivity contribution in [1.29, 1.82) is 0 Å². The van der Waals surface area contributed by atoms with Crippen LogP contribution < -0.4 is 10.6 Å². The van der Waals surface area contributed by atoms with Crippen LogP contribution in [0, 0.1) is 6.92 Å². The molecular formula is C17H23N3O4. The van der Waals surface area contributed by atoms with Crippen molar-refractivity contribution in [2.75, 3.05) is 25.1 Å². The van der Waals surface area contributed by atoms with Gasteiger partial charge in [-0.3, -0.25) is 0 Å². The molecule has 0 saturated heterocycles. The van der Waals surface area contributed by atoms with E-state index in [4.69, 9.17) is 13.9 Å². The highest BCUT2D eigenvalue weighted by Crippen LogP contribution is 2.20. The topological polar surface area (TPSA) is 85.6 Å². The number of anilines is 1. The molecule has 0 atom stereocenters. The molecular weight excluding hydrogens is 310 g/mol. The Hall–Kier alpha value is -2.38. The van der Waals surface area contributed by atoms with E-state index in [0.29, 0.717) is 24.8 Å². The Morgan fingerprint density at radius 1 is 1.21 bits per heavy atom. The van der Waals surface area contributed by atoms with Crippen molar-refractivity contribution < 1.29 is 18.7 Å². The molecule has 0 bridgehead atoms. The predicted molar refractivity (Wildman–Crippen MR) is 90.7 cm³/mol. The standard InChI is InChI=1S/C17H23N3O4/c1-4-22-16(23-5-2)10-18-17(21)20-14-8-6-13(7-9-14)15-11-24-12(3)19-15/h6-9,11,16H,4-5,10H2,1-3H3,(H2,18,20,21). The van der Waals surface area contributed by atoms with Gasteiger partial charge >= 0.3 is 6.03 Å². The number of urea groups is 1. The summed E-state index contributed by atoms with van der Waals surface area (Å²) in [6.45, 7) is 6.88. The summed E-state index contributed by atoms with van der Waals surface area (Å²) in [4.78, 5) is 16.2. The number of hydrogen-bond donors (Lipinski definition) is 2. The van der Waals surface area contributed by atoms with E-state index in [2.05, 4.69) is 15.6 Å². The second-order valence-electron chi connectivity index (χ2n) is 5.00. The van der Waals surface area contributed by atoms with Crippen molar-refractivity contribution in [2.45, 2.75) is 27.1 Å². The number of aromatic nitrogens is 1. The van der Waals surface area contributed by atoms with Crippen LogP contribution in [0.25, 0.3) is 11.3 Å². The summed E-state index contributed by atoms with van der Waals surface area (Å²) >= 11 is 0. The maximum atomic E-state index is 11.9. The summed E-state index contributed by atoms with van der Waals surface area (Å²) in [6.07, 6.45) is 1.16. The lowest BCUT2D eigenvalue weighted by Crippen LogP contribution is -2.37. The minimum Gasteiger partial charge on any atom is -0.449 e. The molecule has 0 fully saturated rings. The summed E-state index contributed by atoms with van der Waals surface area (Å²) in [5, 5.41) is 5.48. The van der Waals surface area contributed by atoms with Crippen LogP contribution in [0.3, 0.4) is 0 Å². The monoisotopic (exact) mass is 333 g/mol. The maximum absolute atomic E-state index is 11.9. The number of carbonyl (C=O) groups excluding carboxylic acids is 1. The molecule has 7 nitrogen and oxygen atoms in total. The third-order valence-electron chi connectivity index (χ3n) is 3.19. The zero-order valence-electron chi connectivity index (χ0n) is 14.2. The fourth-order valence-corrected chi connectivity index (χ4v) is 2.11. The smallest absolute Gasteiger partial charge is 0.319 e. The lowest BCUT2D eigenvalue weighted by atomic mass is 10.1. The van der Waals surface area contributed by atoms with Gasteiger partial charge in [0.1, 0.15) is 12.0 Å². The van der Waals surface area contributed by atoms with E-state index < -0.39 is 6.29 Å². The van der Waals surface area contributed by atoms with Gasteiger partial charge in [0, 0.05) is 31.4 Å². The molecule has 1 aromatic heterocycles. The lowest BCUT2D eigenvalue weighted by molar-refractivity contribution is -0.131. The average molecular weight is 333 g/mol. The van der Waals surface area contributed by atoms with Gasteiger partial charge in [0.05, 0.1) is 6.54 Å². The van der Waals surface area contributed by atoms with Gasteiger partial charge in [-0.05, 0) is 26.0 Å². The number of benzene rings is 1. The van der Waals surface area contributed by atoms with Crippen LogP contribution in [0.1, 0.15) is 19.7 Å². The third-order valence-corrected chi connectivity index (χ3v) is 3.19. The van der Waals surface area contributed by atoms with Crippen molar-refractivity contribution in [1.82, 2.24) is 10.3 Å². The van der Waals surface area contributed by atoms with Crippen LogP contribution in [0.5, 0.6) is 0 Å². The molecule has 0 unspecified atom stereocenters. The molecule has 1 heterocycles. The zero-order chi connectivity index (χ0) is 17.4. The summed E-state index contributed by atoms with van der Waals surface area (Å²) in [7, 11) is 0. The molecule has 24 heavy (non-hydrogen) atoms. The van der Waals surface area contributed by atoms with E-state index in [1.165, 1.54) is 0 Å². The molecule has 0 spiro atoms. The van der Waals surface area contributed by atoms with Crippen molar-refractivity contribution in [3.05, 3.63) is 36.4 Å². The van der Waals surface area contributed by atoms with Gasteiger partial charge in [-0.2, -0.15) is 0 Å². The molecule has 0 saturated carbocycles. The Kier molecular flexibility index (Phi) is 6.77. The first-order chi connectivity index (χ1) is 11.6. The number of hydrogen-bond acceptors (Lipinski definition) is 5. The summed E-state index contributed by atoms with van der Waals surface area (Å²) in [5.74, 6) is 0.615. The van der Waals surface area contributed by atoms with E-state index in [1.807, 2.05) is 38.1 Å². The SMILES string of the molecule is CCOC(CNC(=O)Nc1ccc(-c2coc(C)n2)cc1)OCC. The first-order valence-corrected chi connectivity index (χ1v) is 7.93. The van der Waals surface area contributed by atoms with Crippen molar-refractivity contribution in [2.24, 2.45) is 0 Å². The van der Waals surface area contributed by atoms with Gasteiger partial charge in [-0.25, -0.2) is 9.78 Å². The van der Waals surface area contributed by atoms with Crippen molar-refractivity contribution in [3.8, 4) is 11.3 Å². The molecule has 2 rings (SSSR count). The van der Waals surface area contributed by atoms with Crippen LogP contribution in [0.4, 0.5) is 10.5 Å². The Morgan fingerprint density at radius 2 is 1.88 bits per heavy atom. The second-order valence-corrected chi connectivity index (χ2v) is 5.00. The van der Waals surface area contributed by atoms with E-state index in [9.17, 15) is 4.79 Å². The number of aryl methyl sites for hydroxylation is 1. The maximum Gasteiger partial charge on any atom is 0.319 e. The van der Waals surface area contributed by atoms with Gasteiger partial charge < -0.3 is 24.5 Å². The van der Waals surface area contributed by atoms with Gasteiger partial charge in [0.25, 0.3) is 0 Å². The normalized spacial score (nSPS) is 10.8. The summed E-state index contributed by atoms with van der Waals surface area (Å²) in [6, 6.07) is 7.04. The minimum absolute atomic E-state index is 0.282. The number of nitrogens with zero attached hydrogens (tertiary/aromatic N) is 1. The Labute approximate surface area is 141 Å². The van der Waals surface area contributed by atoms with Crippen molar-refractivity contribution in [3.63, 3.8) is 0 Å². The third kappa shape index (κ3) is 5.36. The van der Waals surface area contributed by atoms with E-state index in [0.717, 1.165) is 11.3 Å². The highest BCUT2D eigenvalue weighted by Gasteiger charge is 2.10. The molecule has 0 aliphatic carbocycles. The van der Waals surface area contributed by atoms with Gasteiger partial charge in [0.15, 0.2) is 12.2 Å². The number of rotatable bonds is 8. The molecule has 0 aliphatic heterocycles. The van der Waals surface area contributed by atoms with Crippen LogP contribution in [-0.4, -0.2) is 37.1 Å². The largest absolute Gasteiger partial charge is 0.449 e. The highest BCUT2D eigenvalue weighted by atomic mass is 16.7. The van der Waals surface area contributed by atoms with Gasteiger partial charge in [0.2, 0.25) is 0 Å². The van der Waals surface area contributed by atoms with E-state index >= 15 is 0 Å². The van der Waals surface area contributed by atoms with Crippen molar-refractivity contribution >= 4 is 11.7 Å². The van der Waals surface area contributed by atoms with Crippen LogP contribution in [0.2, 0.25) is 0 Å². The quantitative estimate of drug-likeness (QED) is 0.725. The Morgan fingerprint density at radius 3 is 2.42 bits per heavy atom. The summed E-state index contributed by atoms with van der Waals surface area (Å²) < 4.78 is 15.9. The average Bonchev–Trinajstić information content (AvgIpc) is 3.00. The molecule has 0 aliphatic rings. The fraction of sp³-hybridized carbons (Fsp3) is 0.412. The van der Waals surface area contributed by atoms with E-state index in [1.54, 1.807) is 13.2 Å². The first-order valence-electron chi connectivity index (χ1n) is 7.93. The molecule has 0 radical (unpaired) electrons. The molecule has 2 N–H and O–H groups in total. The fourth-order valence-electron chi connectivity index (χ4n) is 2.11. The minimum atomic E-state index is -0.441. The Bertz CT molecular complexity index is 634. The molecule has 1 aromatic carbocycles. The number of nitrogens with one attached hydrogen (secondary N) is 2. The number of carbonyl (C=O) groups is 1. The highest BCUT2D eigenvalue weighted by molar-refractivity contribution is 5.89. The molecule has 7 heteroatoms. The van der Waals surface area contributed by atoms with Gasteiger partial charge in [-0.15, -0.1) is 0 Å². The number of ether oxygens (including phenoxy) is 2. The Balaban J connectivity index is 1.85. The van der Waals surface area contributed by atoms with Crippen LogP contribution >= 0.6 is 0 Å². The van der Waals surface area contributed by atoms with E-state index in [-0.39, 0.29) is 12.6 Å².